The summed E-state index contributed by atoms with van der Waals surface area (Å²) < 4.78 is 5.72. The number of benzene rings is 2. The molecule has 0 aliphatic rings. The maximum Gasteiger partial charge on any atom is 0.273 e. The van der Waals surface area contributed by atoms with Crippen LogP contribution in [0.2, 0.25) is 5.02 Å². The molecule has 126 valence electrons. The van der Waals surface area contributed by atoms with Crippen molar-refractivity contribution >= 4 is 23.4 Å². The predicted octanol–water partition coefficient (Wildman–Crippen LogP) is 3.34. The molecule has 2 aromatic rings. The van der Waals surface area contributed by atoms with Crippen LogP contribution in [0, 0.1) is 5.92 Å². The third-order valence-corrected chi connectivity index (χ3v) is 3.67. The van der Waals surface area contributed by atoms with E-state index >= 15 is 0 Å². The van der Waals surface area contributed by atoms with Crippen molar-refractivity contribution in [1.82, 2.24) is 10.9 Å². The van der Waals surface area contributed by atoms with Gasteiger partial charge in [-0.25, -0.2) is 0 Å². The van der Waals surface area contributed by atoms with Gasteiger partial charge in [-0.15, -0.1) is 0 Å². The number of ether oxygens (including phenoxy) is 1. The Morgan fingerprint density at radius 2 is 1.71 bits per heavy atom. The fourth-order valence-electron chi connectivity index (χ4n) is 1.88. The highest BCUT2D eigenvalue weighted by molar-refractivity contribution is 6.31. The lowest BCUT2D eigenvalue weighted by molar-refractivity contribution is -0.124. The summed E-state index contributed by atoms with van der Waals surface area (Å²) in [4.78, 5) is 23.8. The summed E-state index contributed by atoms with van der Waals surface area (Å²) in [5.74, 6) is -0.526. The van der Waals surface area contributed by atoms with Crippen molar-refractivity contribution in [3.8, 4) is 5.75 Å². The van der Waals surface area contributed by atoms with E-state index in [2.05, 4.69) is 10.9 Å². The summed E-state index contributed by atoms with van der Waals surface area (Å²) in [5, 5.41) is 0.601. The van der Waals surface area contributed by atoms with E-state index in [0.29, 0.717) is 16.3 Å². The summed E-state index contributed by atoms with van der Waals surface area (Å²) in [6.07, 6.45) is 0. The molecule has 0 saturated carbocycles. The van der Waals surface area contributed by atoms with Gasteiger partial charge in [-0.1, -0.05) is 55.8 Å². The highest BCUT2D eigenvalue weighted by Crippen LogP contribution is 2.21. The third kappa shape index (κ3) is 4.73. The summed E-state index contributed by atoms with van der Waals surface area (Å²) in [5.41, 5.74) is 5.91. The molecular formula is C18H19ClN2O3. The molecule has 2 N–H and O–H groups in total. The average Bonchev–Trinajstić information content (AvgIpc) is 2.58. The first-order valence-electron chi connectivity index (χ1n) is 7.54. The first kappa shape index (κ1) is 17.8. The van der Waals surface area contributed by atoms with Crippen LogP contribution in [-0.2, 0) is 11.4 Å². The van der Waals surface area contributed by atoms with Gasteiger partial charge in [0.2, 0.25) is 5.91 Å². The van der Waals surface area contributed by atoms with Gasteiger partial charge in [0.1, 0.15) is 12.4 Å². The maximum absolute atomic E-state index is 12.2. The van der Waals surface area contributed by atoms with Gasteiger partial charge in [0.25, 0.3) is 5.91 Å². The third-order valence-electron chi connectivity index (χ3n) is 3.30. The minimum Gasteiger partial charge on any atom is -0.488 e. The number of carbonyl (C=O) groups excluding carboxylic acids is 2. The van der Waals surface area contributed by atoms with Crippen molar-refractivity contribution in [2.45, 2.75) is 20.5 Å². The summed E-state index contributed by atoms with van der Waals surface area (Å²) >= 11 is 6.10. The number of halogens is 1. The van der Waals surface area contributed by atoms with Crippen molar-refractivity contribution < 1.29 is 14.3 Å². The Kier molecular flexibility index (Phi) is 6.21. The van der Waals surface area contributed by atoms with E-state index in [4.69, 9.17) is 16.3 Å². The predicted molar refractivity (Wildman–Crippen MR) is 92.7 cm³/mol. The second-order valence-electron chi connectivity index (χ2n) is 5.47. The molecule has 6 heteroatoms. The minimum absolute atomic E-state index is 0.225. The van der Waals surface area contributed by atoms with E-state index < -0.39 is 5.91 Å². The number of nitrogens with one attached hydrogen (secondary N) is 2. The fraction of sp³-hybridized carbons (Fsp3) is 0.222. The van der Waals surface area contributed by atoms with E-state index in [9.17, 15) is 9.59 Å². The summed E-state index contributed by atoms with van der Waals surface area (Å²) in [6, 6.07) is 14.1. The number of para-hydroxylation sites is 1. The quantitative estimate of drug-likeness (QED) is 0.816. The van der Waals surface area contributed by atoms with Crippen molar-refractivity contribution in [2.24, 2.45) is 5.92 Å². The Bertz CT molecular complexity index is 732. The Labute approximate surface area is 145 Å². The maximum atomic E-state index is 12.2. The Morgan fingerprint density at radius 1 is 1.04 bits per heavy atom. The smallest absolute Gasteiger partial charge is 0.273 e. The van der Waals surface area contributed by atoms with Gasteiger partial charge in [-0.05, 0) is 18.2 Å². The van der Waals surface area contributed by atoms with Crippen LogP contribution in [0.15, 0.2) is 48.5 Å². The van der Waals surface area contributed by atoms with E-state index in [1.165, 1.54) is 0 Å². The topological polar surface area (TPSA) is 67.4 Å². The molecule has 0 aliphatic carbocycles. The lowest BCUT2D eigenvalue weighted by Gasteiger charge is -2.13. The van der Waals surface area contributed by atoms with Gasteiger partial charge in [0, 0.05) is 16.5 Å². The van der Waals surface area contributed by atoms with E-state index in [-0.39, 0.29) is 18.4 Å². The molecule has 2 aromatic carbocycles. The van der Waals surface area contributed by atoms with E-state index in [1.54, 1.807) is 44.2 Å². The van der Waals surface area contributed by atoms with Crippen LogP contribution in [0.5, 0.6) is 5.75 Å². The number of carbonyl (C=O) groups is 2. The highest BCUT2D eigenvalue weighted by atomic mass is 35.5. The molecule has 0 spiro atoms. The van der Waals surface area contributed by atoms with Crippen LogP contribution in [0.4, 0.5) is 0 Å². The molecule has 2 amide bonds. The van der Waals surface area contributed by atoms with Crippen LogP contribution >= 0.6 is 11.6 Å². The first-order valence-corrected chi connectivity index (χ1v) is 7.92. The first-order chi connectivity index (χ1) is 11.5. The van der Waals surface area contributed by atoms with Gasteiger partial charge < -0.3 is 4.74 Å². The number of hydrazine groups is 1. The Morgan fingerprint density at radius 3 is 2.42 bits per heavy atom. The molecule has 0 saturated heterocycles. The largest absolute Gasteiger partial charge is 0.488 e. The molecule has 0 fully saturated rings. The van der Waals surface area contributed by atoms with Crippen molar-refractivity contribution in [3.63, 3.8) is 0 Å². The SMILES string of the molecule is CC(C)C(=O)NNC(=O)c1ccccc1OCc1ccccc1Cl. The molecule has 0 unspecified atom stereocenters. The molecule has 0 bridgehead atoms. The molecule has 24 heavy (non-hydrogen) atoms. The second kappa shape index (κ2) is 8.36. The van der Waals surface area contributed by atoms with Crippen LogP contribution in [-0.4, -0.2) is 11.8 Å². The zero-order chi connectivity index (χ0) is 17.5. The summed E-state index contributed by atoms with van der Waals surface area (Å²) in [7, 11) is 0. The average molecular weight is 347 g/mol. The van der Waals surface area contributed by atoms with Gasteiger partial charge in [-0.2, -0.15) is 0 Å². The lowest BCUT2D eigenvalue weighted by atomic mass is 10.2. The zero-order valence-electron chi connectivity index (χ0n) is 13.5. The monoisotopic (exact) mass is 346 g/mol. The standard InChI is InChI=1S/C18H19ClN2O3/c1-12(2)17(22)20-21-18(23)14-8-4-6-10-16(14)24-11-13-7-3-5-9-15(13)19/h3-10,12H,11H2,1-2H3,(H,20,22)(H,21,23). The normalized spacial score (nSPS) is 10.3. The molecule has 2 rings (SSSR count). The molecule has 0 radical (unpaired) electrons. The van der Waals surface area contributed by atoms with Crippen molar-refractivity contribution in [2.75, 3.05) is 0 Å². The van der Waals surface area contributed by atoms with Crippen LogP contribution in [0.25, 0.3) is 0 Å². The van der Waals surface area contributed by atoms with Gasteiger partial charge in [0.15, 0.2) is 0 Å². The molecule has 0 aliphatic heterocycles. The van der Waals surface area contributed by atoms with Gasteiger partial charge >= 0.3 is 0 Å². The number of amides is 2. The van der Waals surface area contributed by atoms with Crippen LogP contribution in [0.1, 0.15) is 29.8 Å². The van der Waals surface area contributed by atoms with Crippen LogP contribution in [0.3, 0.4) is 0 Å². The van der Waals surface area contributed by atoms with Gasteiger partial charge in [0.05, 0.1) is 5.56 Å². The van der Waals surface area contributed by atoms with E-state index in [0.717, 1.165) is 5.56 Å². The molecule has 0 aromatic heterocycles. The zero-order valence-corrected chi connectivity index (χ0v) is 14.3. The van der Waals surface area contributed by atoms with Crippen LogP contribution < -0.4 is 15.6 Å². The minimum atomic E-state index is -0.446. The molecule has 0 atom stereocenters. The molecule has 0 heterocycles. The number of hydrogen-bond donors (Lipinski definition) is 2. The highest BCUT2D eigenvalue weighted by Gasteiger charge is 2.14. The number of hydrogen-bond acceptors (Lipinski definition) is 3. The van der Waals surface area contributed by atoms with Gasteiger partial charge in [-0.3, -0.25) is 20.4 Å². The Balaban J connectivity index is 2.05. The Hall–Kier alpha value is -2.53. The summed E-state index contributed by atoms with van der Waals surface area (Å²) in [6.45, 7) is 3.71. The van der Waals surface area contributed by atoms with E-state index in [1.807, 2.05) is 18.2 Å². The fourth-order valence-corrected chi connectivity index (χ4v) is 2.07. The lowest BCUT2D eigenvalue weighted by Crippen LogP contribution is -2.43. The number of rotatable bonds is 5. The second-order valence-corrected chi connectivity index (χ2v) is 5.88. The van der Waals surface area contributed by atoms with Crippen molar-refractivity contribution in [1.29, 1.82) is 0 Å². The molecular weight excluding hydrogens is 328 g/mol. The van der Waals surface area contributed by atoms with Crippen molar-refractivity contribution in [3.05, 3.63) is 64.7 Å². The molecule has 5 nitrogen and oxygen atoms in total.